The van der Waals surface area contributed by atoms with Gasteiger partial charge in [0, 0.05) is 16.3 Å². The summed E-state index contributed by atoms with van der Waals surface area (Å²) in [5, 5.41) is 7.89. The molecule has 0 saturated carbocycles. The third-order valence-electron chi connectivity index (χ3n) is 3.56. The number of rotatable bonds is 3. The lowest BCUT2D eigenvalue weighted by Gasteiger charge is -2.29. The van der Waals surface area contributed by atoms with Gasteiger partial charge in [0.05, 0.1) is 11.7 Å². The number of allylic oxidation sites excluding steroid dienone is 1. The van der Waals surface area contributed by atoms with Crippen LogP contribution < -0.4 is 5.32 Å². The Bertz CT molecular complexity index is 782. The number of carbonyl (C=O) groups excluding carboxylic acids is 1. The number of fused-ring (bicyclic) bond motifs is 1. The number of aromatic nitrogens is 3. The van der Waals surface area contributed by atoms with E-state index in [1.54, 1.807) is 10.7 Å². The van der Waals surface area contributed by atoms with Crippen molar-refractivity contribution in [1.29, 1.82) is 0 Å². The Hall–Kier alpha value is -2.34. The van der Waals surface area contributed by atoms with E-state index >= 15 is 0 Å². The van der Waals surface area contributed by atoms with E-state index in [0.717, 1.165) is 5.56 Å². The summed E-state index contributed by atoms with van der Waals surface area (Å²) in [7, 11) is 0. The number of ether oxygens (including phenoxy) is 1. The van der Waals surface area contributed by atoms with Crippen molar-refractivity contribution in [2.45, 2.75) is 32.9 Å². The molecule has 23 heavy (non-hydrogen) atoms. The van der Waals surface area contributed by atoms with Crippen LogP contribution in [-0.2, 0) is 9.53 Å². The molecule has 1 aromatic heterocycles. The van der Waals surface area contributed by atoms with Crippen LogP contribution in [0, 0.1) is 0 Å². The molecule has 0 spiro atoms. The second-order valence-electron chi connectivity index (χ2n) is 5.57. The van der Waals surface area contributed by atoms with Crippen LogP contribution in [0.25, 0.3) is 0 Å². The molecule has 6 nitrogen and oxygen atoms in total. The molecule has 1 N–H and O–H groups in total. The van der Waals surface area contributed by atoms with Crippen molar-refractivity contribution in [2.24, 2.45) is 0 Å². The van der Waals surface area contributed by atoms with Gasteiger partial charge < -0.3 is 10.1 Å². The summed E-state index contributed by atoms with van der Waals surface area (Å²) in [5.41, 5.74) is 1.93. The topological polar surface area (TPSA) is 69.0 Å². The zero-order valence-corrected chi connectivity index (χ0v) is 13.8. The van der Waals surface area contributed by atoms with Crippen molar-refractivity contribution in [2.75, 3.05) is 5.32 Å². The van der Waals surface area contributed by atoms with E-state index in [1.165, 1.54) is 6.33 Å². The maximum atomic E-state index is 12.6. The summed E-state index contributed by atoms with van der Waals surface area (Å²) in [5.74, 6) is 0.171. The fourth-order valence-electron chi connectivity index (χ4n) is 2.62. The SMILES string of the molecule is CC1=C(C(=O)OC(C)C)C(c2ccccc2Cl)n2ncnc2N1. The van der Waals surface area contributed by atoms with Crippen LogP contribution >= 0.6 is 11.6 Å². The smallest absolute Gasteiger partial charge is 0.338 e. The van der Waals surface area contributed by atoms with Gasteiger partial charge in [-0.15, -0.1) is 0 Å². The van der Waals surface area contributed by atoms with E-state index in [9.17, 15) is 4.79 Å². The number of benzene rings is 1. The van der Waals surface area contributed by atoms with Gasteiger partial charge in [-0.25, -0.2) is 9.48 Å². The number of esters is 1. The first-order valence-electron chi connectivity index (χ1n) is 7.31. The van der Waals surface area contributed by atoms with Gasteiger partial charge in [-0.2, -0.15) is 10.1 Å². The summed E-state index contributed by atoms with van der Waals surface area (Å²) in [6.07, 6.45) is 1.22. The molecule has 2 aromatic rings. The van der Waals surface area contributed by atoms with Crippen LogP contribution in [0.4, 0.5) is 5.95 Å². The number of nitrogens with zero attached hydrogens (tertiary/aromatic N) is 3. The number of hydrogen-bond donors (Lipinski definition) is 1. The molecular weight excluding hydrogens is 316 g/mol. The molecule has 0 amide bonds. The highest BCUT2D eigenvalue weighted by Gasteiger charge is 2.35. The zero-order valence-electron chi connectivity index (χ0n) is 13.1. The van der Waals surface area contributed by atoms with Crippen LogP contribution in [0.1, 0.15) is 32.4 Å². The Kier molecular flexibility index (Phi) is 4.09. The lowest BCUT2D eigenvalue weighted by molar-refractivity contribution is -0.143. The number of anilines is 1. The van der Waals surface area contributed by atoms with E-state index in [1.807, 2.05) is 39.0 Å². The van der Waals surface area contributed by atoms with E-state index < -0.39 is 12.0 Å². The molecule has 7 heteroatoms. The van der Waals surface area contributed by atoms with Gasteiger partial charge in [-0.05, 0) is 26.8 Å². The highest BCUT2D eigenvalue weighted by molar-refractivity contribution is 6.31. The molecule has 0 bridgehead atoms. The average Bonchev–Trinajstić information content (AvgIpc) is 2.93. The molecule has 120 valence electrons. The first-order valence-corrected chi connectivity index (χ1v) is 7.69. The molecule has 1 aromatic carbocycles. The van der Waals surface area contributed by atoms with Crippen molar-refractivity contribution < 1.29 is 9.53 Å². The molecule has 2 heterocycles. The number of carbonyl (C=O) groups is 1. The summed E-state index contributed by atoms with van der Waals surface area (Å²) in [6.45, 7) is 5.45. The van der Waals surface area contributed by atoms with Gasteiger partial charge in [0.25, 0.3) is 0 Å². The summed E-state index contributed by atoms with van der Waals surface area (Å²) >= 11 is 6.36. The summed E-state index contributed by atoms with van der Waals surface area (Å²) in [4.78, 5) is 16.8. The molecule has 1 atom stereocenters. The Morgan fingerprint density at radius 2 is 2.13 bits per heavy atom. The second-order valence-corrected chi connectivity index (χ2v) is 5.98. The lowest BCUT2D eigenvalue weighted by Crippen LogP contribution is -2.30. The highest BCUT2D eigenvalue weighted by Crippen LogP contribution is 2.38. The Balaban J connectivity index is 2.15. The summed E-state index contributed by atoms with van der Waals surface area (Å²) < 4.78 is 7.05. The van der Waals surface area contributed by atoms with E-state index in [2.05, 4.69) is 15.4 Å². The Morgan fingerprint density at radius 1 is 1.39 bits per heavy atom. The Labute approximate surface area is 139 Å². The molecule has 0 saturated heterocycles. The van der Waals surface area contributed by atoms with Crippen molar-refractivity contribution in [3.05, 3.63) is 52.4 Å². The molecule has 1 unspecified atom stereocenters. The van der Waals surface area contributed by atoms with Gasteiger partial charge in [0.2, 0.25) is 5.95 Å². The Morgan fingerprint density at radius 3 is 2.83 bits per heavy atom. The lowest BCUT2D eigenvalue weighted by atomic mass is 9.95. The quantitative estimate of drug-likeness (QED) is 0.874. The molecular formula is C16H17ClN4O2. The van der Waals surface area contributed by atoms with Crippen LogP contribution in [0.5, 0.6) is 0 Å². The number of halogens is 1. The minimum Gasteiger partial charge on any atom is -0.459 e. The zero-order chi connectivity index (χ0) is 16.6. The van der Waals surface area contributed by atoms with E-state index in [-0.39, 0.29) is 6.10 Å². The second kappa shape index (κ2) is 6.04. The summed E-state index contributed by atoms with van der Waals surface area (Å²) in [6, 6.07) is 6.91. The minimum atomic E-state index is -0.478. The average molecular weight is 333 g/mol. The predicted octanol–water partition coefficient (Wildman–Crippen LogP) is 3.17. The maximum Gasteiger partial charge on any atom is 0.338 e. The van der Waals surface area contributed by atoms with Crippen molar-refractivity contribution >= 4 is 23.5 Å². The van der Waals surface area contributed by atoms with Crippen LogP contribution in [-0.4, -0.2) is 26.8 Å². The fourth-order valence-corrected chi connectivity index (χ4v) is 2.86. The van der Waals surface area contributed by atoms with Crippen LogP contribution in [0.15, 0.2) is 41.9 Å². The fraction of sp³-hybridized carbons (Fsp3) is 0.312. The third kappa shape index (κ3) is 2.82. The van der Waals surface area contributed by atoms with Gasteiger partial charge in [-0.1, -0.05) is 29.8 Å². The third-order valence-corrected chi connectivity index (χ3v) is 3.90. The molecule has 0 radical (unpaired) electrons. The van der Waals surface area contributed by atoms with Gasteiger partial charge in [0.1, 0.15) is 12.4 Å². The van der Waals surface area contributed by atoms with Gasteiger partial charge in [0.15, 0.2) is 0 Å². The number of hydrogen-bond acceptors (Lipinski definition) is 5. The highest BCUT2D eigenvalue weighted by atomic mass is 35.5. The van der Waals surface area contributed by atoms with Crippen molar-refractivity contribution in [3.8, 4) is 0 Å². The first-order chi connectivity index (χ1) is 11.0. The first kappa shape index (κ1) is 15.6. The van der Waals surface area contributed by atoms with Crippen LogP contribution in [0.2, 0.25) is 5.02 Å². The molecule has 1 aliphatic rings. The molecule has 3 rings (SSSR count). The predicted molar refractivity (Wildman–Crippen MR) is 87.2 cm³/mol. The van der Waals surface area contributed by atoms with Crippen LogP contribution in [0.3, 0.4) is 0 Å². The minimum absolute atomic E-state index is 0.216. The van der Waals surface area contributed by atoms with Gasteiger partial charge >= 0.3 is 5.97 Å². The maximum absolute atomic E-state index is 12.6. The largest absolute Gasteiger partial charge is 0.459 e. The van der Waals surface area contributed by atoms with Crippen molar-refractivity contribution in [1.82, 2.24) is 14.8 Å². The molecule has 1 aliphatic heterocycles. The van der Waals surface area contributed by atoms with E-state index in [4.69, 9.17) is 16.3 Å². The monoisotopic (exact) mass is 332 g/mol. The van der Waals surface area contributed by atoms with Gasteiger partial charge in [-0.3, -0.25) is 0 Å². The standard InChI is InChI=1S/C16H17ClN4O2/c1-9(2)23-15(22)13-10(3)20-16-18-8-19-21(16)14(13)11-6-4-5-7-12(11)17/h4-9,14H,1-3H3,(H,18,19,20). The number of nitrogens with one attached hydrogen (secondary N) is 1. The normalized spacial score (nSPS) is 17.0. The van der Waals surface area contributed by atoms with E-state index in [0.29, 0.717) is 22.2 Å². The molecule has 0 aliphatic carbocycles. The molecule has 0 fully saturated rings. The van der Waals surface area contributed by atoms with Crippen molar-refractivity contribution in [3.63, 3.8) is 0 Å².